The number of hydrogen-bond acceptors (Lipinski definition) is 6. The topological polar surface area (TPSA) is 62.0 Å². The van der Waals surface area contributed by atoms with Crippen LogP contribution in [-0.4, -0.2) is 65.1 Å². The second-order valence-corrected chi connectivity index (χ2v) is 10.6. The van der Waals surface area contributed by atoms with Gasteiger partial charge in [0.05, 0.1) is 45.1 Å². The van der Waals surface area contributed by atoms with Crippen molar-refractivity contribution < 1.29 is 28.4 Å². The van der Waals surface area contributed by atoms with Crippen molar-refractivity contribution >= 4 is 0 Å². The van der Waals surface area contributed by atoms with Gasteiger partial charge in [0, 0.05) is 0 Å². The highest BCUT2D eigenvalue weighted by Crippen LogP contribution is 2.56. The van der Waals surface area contributed by atoms with E-state index in [9.17, 15) is 0 Å². The van der Waals surface area contributed by atoms with Crippen LogP contribution in [0.25, 0.3) is 11.1 Å². The van der Waals surface area contributed by atoms with Crippen molar-refractivity contribution in [3.05, 3.63) is 119 Å². The van der Waals surface area contributed by atoms with E-state index >= 15 is 0 Å². The van der Waals surface area contributed by atoms with Crippen LogP contribution in [0, 0.1) is 0 Å². The van der Waals surface area contributed by atoms with Gasteiger partial charge in [0.2, 0.25) is 0 Å². The van der Waals surface area contributed by atoms with Crippen molar-refractivity contribution in [1.29, 1.82) is 0 Å². The molecule has 2 heterocycles. The van der Waals surface area contributed by atoms with Gasteiger partial charge in [-0.3, -0.25) is 0 Å². The molecule has 0 unspecified atom stereocenters. The molecular weight excluding hydrogens is 516 g/mol. The third-order valence-corrected chi connectivity index (χ3v) is 7.93. The third-order valence-electron chi connectivity index (χ3n) is 7.93. The van der Waals surface area contributed by atoms with E-state index in [1.807, 2.05) is 0 Å². The molecular formula is C35H34O6. The van der Waals surface area contributed by atoms with Gasteiger partial charge >= 0.3 is 0 Å². The quantitative estimate of drug-likeness (QED) is 0.132. The maximum atomic E-state index is 5.99. The van der Waals surface area contributed by atoms with E-state index < -0.39 is 5.41 Å². The van der Waals surface area contributed by atoms with Crippen LogP contribution in [0.1, 0.15) is 22.3 Å². The highest BCUT2D eigenvalue weighted by atomic mass is 16.6. The Labute approximate surface area is 240 Å². The molecule has 4 aromatic carbocycles. The monoisotopic (exact) mass is 550 g/mol. The van der Waals surface area contributed by atoms with Crippen molar-refractivity contribution in [2.75, 3.05) is 52.9 Å². The molecule has 2 fully saturated rings. The molecule has 41 heavy (non-hydrogen) atoms. The lowest BCUT2D eigenvalue weighted by atomic mass is 9.68. The molecule has 3 aliphatic rings. The first-order valence-electron chi connectivity index (χ1n) is 14.4. The van der Waals surface area contributed by atoms with Crippen molar-refractivity contribution in [3.63, 3.8) is 0 Å². The Morgan fingerprint density at radius 3 is 1.37 bits per heavy atom. The lowest BCUT2D eigenvalue weighted by molar-refractivity contribution is 0.0878. The zero-order valence-corrected chi connectivity index (χ0v) is 23.0. The number of benzene rings is 4. The van der Waals surface area contributed by atoms with E-state index in [2.05, 4.69) is 97.1 Å². The predicted molar refractivity (Wildman–Crippen MR) is 156 cm³/mol. The first-order valence-corrected chi connectivity index (χ1v) is 14.4. The molecule has 0 N–H and O–H groups in total. The SMILES string of the molecule is c1ccc2c(c1)-c1ccccc1C2(c1ccc(OCCOC[C@@H]2CO2)cc1)c1ccc(OCCOC[C@@H]2CO2)cc1. The van der Waals surface area contributed by atoms with Gasteiger partial charge in [0.15, 0.2) is 0 Å². The third kappa shape index (κ3) is 5.48. The highest BCUT2D eigenvalue weighted by Gasteiger charge is 2.45. The predicted octanol–water partition coefficient (Wildman–Crippen LogP) is 5.64. The summed E-state index contributed by atoms with van der Waals surface area (Å²) in [5.74, 6) is 1.66. The molecule has 2 saturated heterocycles. The van der Waals surface area contributed by atoms with E-state index in [1.54, 1.807) is 0 Å². The maximum absolute atomic E-state index is 5.99. The van der Waals surface area contributed by atoms with Gasteiger partial charge in [0.1, 0.15) is 36.9 Å². The maximum Gasteiger partial charge on any atom is 0.119 e. The first-order chi connectivity index (χ1) is 20.3. The molecule has 0 amide bonds. The van der Waals surface area contributed by atoms with E-state index in [0.717, 1.165) is 24.7 Å². The molecule has 6 nitrogen and oxygen atoms in total. The minimum atomic E-state index is -0.467. The van der Waals surface area contributed by atoms with E-state index in [-0.39, 0.29) is 12.2 Å². The Morgan fingerprint density at radius 2 is 0.951 bits per heavy atom. The lowest BCUT2D eigenvalue weighted by Crippen LogP contribution is -2.28. The van der Waals surface area contributed by atoms with Gasteiger partial charge in [-0.2, -0.15) is 0 Å². The zero-order chi connectivity index (χ0) is 27.5. The summed E-state index contributed by atoms with van der Waals surface area (Å²) < 4.78 is 33.6. The smallest absolute Gasteiger partial charge is 0.119 e. The number of ether oxygens (including phenoxy) is 6. The largest absolute Gasteiger partial charge is 0.491 e. The van der Waals surface area contributed by atoms with Crippen LogP contribution in [0.4, 0.5) is 0 Å². The Kier molecular flexibility index (Phi) is 7.46. The average Bonchev–Trinajstić information content (AvgIpc) is 3.96. The van der Waals surface area contributed by atoms with Crippen molar-refractivity contribution in [1.82, 2.24) is 0 Å². The number of fused-ring (bicyclic) bond motifs is 3. The van der Waals surface area contributed by atoms with Gasteiger partial charge in [-0.05, 0) is 57.6 Å². The van der Waals surface area contributed by atoms with Crippen LogP contribution in [0.3, 0.4) is 0 Å². The molecule has 0 aromatic heterocycles. The number of epoxide rings is 2. The van der Waals surface area contributed by atoms with E-state index in [4.69, 9.17) is 28.4 Å². The summed E-state index contributed by atoms with van der Waals surface area (Å²) in [6, 6.07) is 34.5. The zero-order valence-electron chi connectivity index (χ0n) is 23.0. The minimum absolute atomic E-state index is 0.268. The molecule has 2 atom stereocenters. The van der Waals surface area contributed by atoms with Gasteiger partial charge in [-0.1, -0.05) is 72.8 Å². The summed E-state index contributed by atoms with van der Waals surface area (Å²) in [5.41, 5.74) is 6.98. The molecule has 2 aliphatic heterocycles. The molecule has 6 heteroatoms. The van der Waals surface area contributed by atoms with Gasteiger partial charge in [-0.15, -0.1) is 0 Å². The Bertz CT molecular complexity index is 1340. The van der Waals surface area contributed by atoms with E-state index in [0.29, 0.717) is 39.6 Å². The molecule has 4 aromatic rings. The van der Waals surface area contributed by atoms with Crippen LogP contribution >= 0.6 is 0 Å². The highest BCUT2D eigenvalue weighted by molar-refractivity contribution is 5.86. The molecule has 210 valence electrons. The van der Waals surface area contributed by atoms with Crippen LogP contribution in [0.15, 0.2) is 97.1 Å². The van der Waals surface area contributed by atoms with Gasteiger partial charge in [0.25, 0.3) is 0 Å². The fraction of sp³-hybridized carbons (Fsp3) is 0.314. The summed E-state index contributed by atoms with van der Waals surface area (Å²) in [6.07, 6.45) is 0.537. The second kappa shape index (κ2) is 11.7. The fourth-order valence-corrected chi connectivity index (χ4v) is 5.82. The molecule has 0 saturated carbocycles. The molecule has 0 spiro atoms. The van der Waals surface area contributed by atoms with Crippen LogP contribution in [0.2, 0.25) is 0 Å². The van der Waals surface area contributed by atoms with Gasteiger partial charge in [-0.25, -0.2) is 0 Å². The fourth-order valence-electron chi connectivity index (χ4n) is 5.82. The van der Waals surface area contributed by atoms with Crippen molar-refractivity contribution in [3.8, 4) is 22.6 Å². The molecule has 1 aliphatic carbocycles. The number of rotatable bonds is 14. The van der Waals surface area contributed by atoms with Crippen molar-refractivity contribution in [2.24, 2.45) is 0 Å². The van der Waals surface area contributed by atoms with E-state index in [1.165, 1.54) is 33.4 Å². The van der Waals surface area contributed by atoms with Crippen LogP contribution in [-0.2, 0) is 24.4 Å². The normalized spacial score (nSPS) is 19.3. The number of hydrogen-bond donors (Lipinski definition) is 0. The van der Waals surface area contributed by atoms with Crippen molar-refractivity contribution in [2.45, 2.75) is 17.6 Å². The summed E-state index contributed by atoms with van der Waals surface area (Å²) in [5, 5.41) is 0. The Balaban J connectivity index is 1.16. The molecule has 0 radical (unpaired) electrons. The Hall–Kier alpha value is -3.68. The first kappa shape index (κ1) is 26.2. The molecule has 7 rings (SSSR count). The second-order valence-electron chi connectivity index (χ2n) is 10.6. The summed E-state index contributed by atoms with van der Waals surface area (Å²) >= 11 is 0. The van der Waals surface area contributed by atoms with Crippen LogP contribution < -0.4 is 9.47 Å². The Morgan fingerprint density at radius 1 is 0.537 bits per heavy atom. The molecule has 0 bridgehead atoms. The standard InChI is InChI=1S/C35H34O6/c1-3-7-33-31(5-1)32-6-2-4-8-34(32)35(33,25-9-13-27(14-10-25)38-19-17-36-21-29-23-40-29)26-11-15-28(16-12-26)39-20-18-37-22-30-24-41-30/h1-16,29-30H,17-24H2/t29-,30-/m1/s1. The summed E-state index contributed by atoms with van der Waals surface area (Å²) in [6.45, 7) is 4.97. The average molecular weight is 551 g/mol. The summed E-state index contributed by atoms with van der Waals surface area (Å²) in [4.78, 5) is 0. The van der Waals surface area contributed by atoms with Crippen LogP contribution in [0.5, 0.6) is 11.5 Å². The minimum Gasteiger partial charge on any atom is -0.491 e. The lowest BCUT2D eigenvalue weighted by Gasteiger charge is -2.34. The van der Waals surface area contributed by atoms with Gasteiger partial charge < -0.3 is 28.4 Å². The summed E-state index contributed by atoms with van der Waals surface area (Å²) in [7, 11) is 0.